The predicted octanol–water partition coefficient (Wildman–Crippen LogP) is 4.62. The molecule has 1 aromatic carbocycles. The lowest BCUT2D eigenvalue weighted by atomic mass is 10.1. The number of piperidine rings is 1. The molecule has 0 unspecified atom stereocenters. The topological polar surface area (TPSA) is 74.2 Å². The van der Waals surface area contributed by atoms with Crippen molar-refractivity contribution >= 4 is 28.9 Å². The zero-order valence-corrected chi connectivity index (χ0v) is 18.8. The van der Waals surface area contributed by atoms with E-state index >= 15 is 0 Å². The van der Waals surface area contributed by atoms with E-state index in [1.54, 1.807) is 17.4 Å². The van der Waals surface area contributed by atoms with E-state index in [0.29, 0.717) is 17.0 Å². The first kappa shape index (κ1) is 21.2. The number of hydrogen-bond acceptors (Lipinski definition) is 7. The fourth-order valence-electron chi connectivity index (χ4n) is 3.68. The Morgan fingerprint density at radius 2 is 2.03 bits per heavy atom. The van der Waals surface area contributed by atoms with Gasteiger partial charge in [0.1, 0.15) is 5.01 Å². The van der Waals surface area contributed by atoms with Crippen LogP contribution in [0.15, 0.2) is 30.6 Å². The van der Waals surface area contributed by atoms with E-state index in [0.717, 1.165) is 64.7 Å². The standard InChI is InChI=1S/C22H26ClN5OS/c1-3-28-8-6-16(7-9-28)26-22-25-11-14(2)20(27-22)19-12-24-21(30-19)17-5-4-15(13-29)10-18(17)23/h4-5,10-12,16,29H,3,6-9,13H2,1-2H3,(H,25,26,27). The summed E-state index contributed by atoms with van der Waals surface area (Å²) in [5.74, 6) is 0.672. The summed E-state index contributed by atoms with van der Waals surface area (Å²) < 4.78 is 0. The zero-order chi connectivity index (χ0) is 21.1. The van der Waals surface area contributed by atoms with Gasteiger partial charge in [0.25, 0.3) is 0 Å². The molecule has 0 bridgehead atoms. The first-order valence-electron chi connectivity index (χ1n) is 10.3. The Labute approximate surface area is 186 Å². The van der Waals surface area contributed by atoms with Crippen LogP contribution >= 0.6 is 22.9 Å². The van der Waals surface area contributed by atoms with E-state index in [9.17, 15) is 5.11 Å². The average Bonchev–Trinajstić information content (AvgIpc) is 3.25. The van der Waals surface area contributed by atoms with Crippen molar-refractivity contribution in [2.45, 2.75) is 39.3 Å². The highest BCUT2D eigenvalue weighted by Gasteiger charge is 2.19. The van der Waals surface area contributed by atoms with Gasteiger partial charge in [0, 0.05) is 37.1 Å². The van der Waals surface area contributed by atoms with Crippen molar-refractivity contribution in [3.63, 3.8) is 0 Å². The van der Waals surface area contributed by atoms with Crippen LogP contribution in [0.4, 0.5) is 5.95 Å². The third kappa shape index (κ3) is 4.64. The Kier molecular flexibility index (Phi) is 6.63. The van der Waals surface area contributed by atoms with Crippen LogP contribution in [-0.2, 0) is 6.61 Å². The molecule has 158 valence electrons. The van der Waals surface area contributed by atoms with Gasteiger partial charge in [0.15, 0.2) is 0 Å². The van der Waals surface area contributed by atoms with Gasteiger partial charge >= 0.3 is 0 Å². The third-order valence-corrected chi connectivity index (χ3v) is 6.88. The molecule has 4 rings (SSSR count). The fourth-order valence-corrected chi connectivity index (χ4v) is 5.03. The number of benzene rings is 1. The first-order valence-corrected chi connectivity index (χ1v) is 11.4. The number of thiazole rings is 1. The molecule has 1 saturated heterocycles. The van der Waals surface area contributed by atoms with Crippen molar-refractivity contribution < 1.29 is 5.11 Å². The fraction of sp³-hybridized carbons (Fsp3) is 0.409. The molecule has 3 heterocycles. The summed E-state index contributed by atoms with van der Waals surface area (Å²) in [6, 6.07) is 5.95. The van der Waals surface area contributed by atoms with Gasteiger partial charge in [-0.1, -0.05) is 30.7 Å². The van der Waals surface area contributed by atoms with Gasteiger partial charge in [0.05, 0.1) is 22.2 Å². The van der Waals surface area contributed by atoms with E-state index in [2.05, 4.69) is 27.1 Å². The number of nitrogens with zero attached hydrogens (tertiary/aromatic N) is 4. The van der Waals surface area contributed by atoms with Gasteiger partial charge in [-0.25, -0.2) is 15.0 Å². The predicted molar refractivity (Wildman–Crippen MR) is 123 cm³/mol. The number of rotatable bonds is 6. The summed E-state index contributed by atoms with van der Waals surface area (Å²) in [5, 5.41) is 14.2. The van der Waals surface area contributed by atoms with Crippen LogP contribution in [0.3, 0.4) is 0 Å². The number of aliphatic hydroxyl groups is 1. The summed E-state index contributed by atoms with van der Waals surface area (Å²) >= 11 is 7.96. The molecular formula is C22H26ClN5OS. The SMILES string of the molecule is CCN1CCC(Nc2ncc(C)c(-c3cnc(-c4ccc(CO)cc4Cl)s3)n2)CC1. The number of likely N-dealkylation sites (tertiary alicyclic amines) is 1. The third-order valence-electron chi connectivity index (χ3n) is 5.53. The molecule has 2 aromatic heterocycles. The van der Waals surface area contributed by atoms with Crippen molar-refractivity contribution in [2.75, 3.05) is 25.0 Å². The Morgan fingerprint density at radius 3 is 2.73 bits per heavy atom. The molecule has 30 heavy (non-hydrogen) atoms. The maximum Gasteiger partial charge on any atom is 0.223 e. The summed E-state index contributed by atoms with van der Waals surface area (Å²) in [7, 11) is 0. The molecule has 0 radical (unpaired) electrons. The quantitative estimate of drug-likeness (QED) is 0.579. The molecule has 8 heteroatoms. The second kappa shape index (κ2) is 9.39. The second-order valence-corrected chi connectivity index (χ2v) is 9.02. The summed E-state index contributed by atoms with van der Waals surface area (Å²) in [4.78, 5) is 17.3. The van der Waals surface area contributed by atoms with Crippen molar-refractivity contribution in [3.05, 3.63) is 46.7 Å². The van der Waals surface area contributed by atoms with Gasteiger partial charge in [0.2, 0.25) is 5.95 Å². The largest absolute Gasteiger partial charge is 0.392 e. The molecular weight excluding hydrogens is 418 g/mol. The van der Waals surface area contributed by atoms with Crippen molar-refractivity contribution in [2.24, 2.45) is 0 Å². The average molecular weight is 444 g/mol. The Morgan fingerprint density at radius 1 is 1.23 bits per heavy atom. The Bertz CT molecular complexity index is 1020. The Hall–Kier alpha value is -2.06. The molecule has 3 aromatic rings. The molecule has 0 saturated carbocycles. The molecule has 6 nitrogen and oxygen atoms in total. The summed E-state index contributed by atoms with van der Waals surface area (Å²) in [5.41, 5.74) is 3.55. The Balaban J connectivity index is 1.54. The molecule has 1 aliphatic heterocycles. The normalized spacial score (nSPS) is 15.5. The second-order valence-electron chi connectivity index (χ2n) is 7.58. The highest BCUT2D eigenvalue weighted by Crippen LogP contribution is 2.36. The zero-order valence-electron chi connectivity index (χ0n) is 17.2. The lowest BCUT2D eigenvalue weighted by molar-refractivity contribution is 0.229. The number of anilines is 1. The van der Waals surface area contributed by atoms with Crippen molar-refractivity contribution in [1.29, 1.82) is 0 Å². The molecule has 0 amide bonds. The molecule has 0 aliphatic carbocycles. The smallest absolute Gasteiger partial charge is 0.223 e. The van der Waals surface area contributed by atoms with Gasteiger partial charge in [-0.15, -0.1) is 11.3 Å². The van der Waals surface area contributed by atoms with Crippen molar-refractivity contribution in [3.8, 4) is 21.1 Å². The summed E-state index contributed by atoms with van der Waals surface area (Å²) in [6.07, 6.45) is 5.92. The number of aromatic nitrogens is 3. The minimum absolute atomic E-state index is 0.0313. The van der Waals surface area contributed by atoms with E-state index in [-0.39, 0.29) is 6.61 Å². The van der Waals surface area contributed by atoms with Crippen LogP contribution in [0.2, 0.25) is 5.02 Å². The van der Waals surface area contributed by atoms with Crippen LogP contribution in [0, 0.1) is 6.92 Å². The number of hydrogen-bond donors (Lipinski definition) is 2. The maximum absolute atomic E-state index is 9.28. The molecule has 1 fully saturated rings. The van der Waals surface area contributed by atoms with Crippen LogP contribution in [0.25, 0.3) is 21.1 Å². The van der Waals surface area contributed by atoms with E-state index in [1.165, 1.54) is 0 Å². The van der Waals surface area contributed by atoms with Gasteiger partial charge in [-0.05, 0) is 43.5 Å². The van der Waals surface area contributed by atoms with Crippen LogP contribution in [0.1, 0.15) is 30.9 Å². The van der Waals surface area contributed by atoms with E-state index < -0.39 is 0 Å². The van der Waals surface area contributed by atoms with Gasteiger partial charge in [-0.2, -0.15) is 0 Å². The maximum atomic E-state index is 9.28. The molecule has 2 N–H and O–H groups in total. The number of aliphatic hydroxyl groups excluding tert-OH is 1. The van der Waals surface area contributed by atoms with Crippen LogP contribution < -0.4 is 5.32 Å². The summed E-state index contributed by atoms with van der Waals surface area (Å²) in [6.45, 7) is 7.53. The number of nitrogens with one attached hydrogen (secondary N) is 1. The molecule has 1 aliphatic rings. The van der Waals surface area contributed by atoms with E-state index in [1.807, 2.05) is 31.5 Å². The van der Waals surface area contributed by atoms with Crippen molar-refractivity contribution in [1.82, 2.24) is 19.9 Å². The monoisotopic (exact) mass is 443 g/mol. The minimum Gasteiger partial charge on any atom is -0.392 e. The minimum atomic E-state index is -0.0313. The first-order chi connectivity index (χ1) is 14.6. The highest BCUT2D eigenvalue weighted by molar-refractivity contribution is 7.18. The molecule has 0 spiro atoms. The highest BCUT2D eigenvalue weighted by atomic mass is 35.5. The lowest BCUT2D eigenvalue weighted by Gasteiger charge is -2.31. The molecule has 0 atom stereocenters. The van der Waals surface area contributed by atoms with Gasteiger partial charge < -0.3 is 15.3 Å². The van der Waals surface area contributed by atoms with E-state index in [4.69, 9.17) is 16.6 Å². The van der Waals surface area contributed by atoms with Gasteiger partial charge in [-0.3, -0.25) is 0 Å². The van der Waals surface area contributed by atoms with Crippen LogP contribution in [-0.4, -0.2) is 50.6 Å². The number of aryl methyl sites for hydroxylation is 1. The lowest BCUT2D eigenvalue weighted by Crippen LogP contribution is -2.39. The van der Waals surface area contributed by atoms with Crippen LogP contribution in [0.5, 0.6) is 0 Å². The number of halogens is 1.